The van der Waals surface area contributed by atoms with Crippen LogP contribution in [-0.4, -0.2) is 41.4 Å². The lowest BCUT2D eigenvalue weighted by Crippen LogP contribution is -2.31. The molecule has 0 aliphatic heterocycles. The summed E-state index contributed by atoms with van der Waals surface area (Å²) in [7, 11) is 2.16. The zero-order chi connectivity index (χ0) is 15.0. The summed E-state index contributed by atoms with van der Waals surface area (Å²) in [4.78, 5) is 2.33. The van der Waals surface area contributed by atoms with Crippen LogP contribution < -0.4 is 5.32 Å². The molecule has 116 valence electrons. The quantitative estimate of drug-likeness (QED) is 0.669. The van der Waals surface area contributed by atoms with Crippen molar-refractivity contribution in [2.24, 2.45) is 5.92 Å². The molecule has 0 aliphatic rings. The van der Waals surface area contributed by atoms with Crippen molar-refractivity contribution in [2.75, 3.05) is 26.7 Å². The average Bonchev–Trinajstić information content (AvgIpc) is 2.84. The maximum Gasteiger partial charge on any atom is 0.0764 e. The van der Waals surface area contributed by atoms with E-state index in [2.05, 4.69) is 61.9 Å². The van der Waals surface area contributed by atoms with Gasteiger partial charge in [0.05, 0.1) is 11.7 Å². The van der Waals surface area contributed by atoms with Gasteiger partial charge in [0.15, 0.2) is 0 Å². The van der Waals surface area contributed by atoms with E-state index in [1.165, 1.54) is 5.69 Å². The van der Waals surface area contributed by atoms with Crippen LogP contribution in [0.1, 0.15) is 52.3 Å². The lowest BCUT2D eigenvalue weighted by Gasteiger charge is -2.16. The SMILES string of the molecule is CCC(CC)n1ccc(CN(C)CCNCC(C)C)n1. The Balaban J connectivity index is 2.33. The fourth-order valence-corrected chi connectivity index (χ4v) is 2.34. The van der Waals surface area contributed by atoms with Gasteiger partial charge in [0, 0.05) is 25.8 Å². The van der Waals surface area contributed by atoms with Crippen molar-refractivity contribution in [2.45, 2.75) is 53.1 Å². The van der Waals surface area contributed by atoms with Crippen LogP contribution in [0.3, 0.4) is 0 Å². The summed E-state index contributed by atoms with van der Waals surface area (Å²) in [6.07, 6.45) is 4.41. The fraction of sp³-hybridized carbons (Fsp3) is 0.812. The van der Waals surface area contributed by atoms with Gasteiger partial charge in [-0.3, -0.25) is 9.58 Å². The van der Waals surface area contributed by atoms with Gasteiger partial charge in [0.1, 0.15) is 0 Å². The minimum absolute atomic E-state index is 0.543. The normalized spacial score (nSPS) is 12.0. The maximum atomic E-state index is 4.70. The second-order valence-corrected chi connectivity index (χ2v) is 6.09. The van der Waals surface area contributed by atoms with Crippen LogP contribution in [0, 0.1) is 5.92 Å². The van der Waals surface area contributed by atoms with Gasteiger partial charge in [-0.25, -0.2) is 0 Å². The predicted octanol–water partition coefficient (Wildman–Crippen LogP) is 2.92. The summed E-state index contributed by atoms with van der Waals surface area (Å²) in [5, 5.41) is 8.18. The summed E-state index contributed by atoms with van der Waals surface area (Å²) < 4.78 is 2.13. The molecule has 20 heavy (non-hydrogen) atoms. The first-order chi connectivity index (χ1) is 9.56. The zero-order valence-corrected chi connectivity index (χ0v) is 13.9. The van der Waals surface area contributed by atoms with Crippen molar-refractivity contribution in [3.05, 3.63) is 18.0 Å². The van der Waals surface area contributed by atoms with Gasteiger partial charge in [0.25, 0.3) is 0 Å². The van der Waals surface area contributed by atoms with E-state index in [-0.39, 0.29) is 0 Å². The van der Waals surface area contributed by atoms with Crippen molar-refractivity contribution in [3.63, 3.8) is 0 Å². The van der Waals surface area contributed by atoms with Gasteiger partial charge in [0.2, 0.25) is 0 Å². The fourth-order valence-electron chi connectivity index (χ4n) is 2.34. The molecule has 1 N–H and O–H groups in total. The van der Waals surface area contributed by atoms with E-state index in [0.717, 1.165) is 44.9 Å². The van der Waals surface area contributed by atoms with Crippen LogP contribution in [0.2, 0.25) is 0 Å². The lowest BCUT2D eigenvalue weighted by molar-refractivity contribution is 0.314. The van der Waals surface area contributed by atoms with Crippen LogP contribution in [0.5, 0.6) is 0 Å². The molecule has 1 aromatic heterocycles. The summed E-state index contributed by atoms with van der Waals surface area (Å²) >= 11 is 0. The average molecular weight is 280 g/mol. The lowest BCUT2D eigenvalue weighted by atomic mass is 10.2. The van der Waals surface area contributed by atoms with Gasteiger partial charge < -0.3 is 5.32 Å². The summed E-state index contributed by atoms with van der Waals surface area (Å²) in [5.41, 5.74) is 1.17. The van der Waals surface area contributed by atoms with E-state index >= 15 is 0 Å². The Kier molecular flexibility index (Phi) is 7.85. The number of likely N-dealkylation sites (N-methyl/N-ethyl adjacent to an activating group) is 1. The molecule has 4 heteroatoms. The van der Waals surface area contributed by atoms with Gasteiger partial charge in [-0.05, 0) is 38.4 Å². The van der Waals surface area contributed by atoms with Gasteiger partial charge >= 0.3 is 0 Å². The minimum Gasteiger partial charge on any atom is -0.315 e. The van der Waals surface area contributed by atoms with E-state index in [1.807, 2.05) is 0 Å². The van der Waals surface area contributed by atoms with Gasteiger partial charge in [-0.2, -0.15) is 5.10 Å². The largest absolute Gasteiger partial charge is 0.315 e. The molecule has 0 saturated heterocycles. The van der Waals surface area contributed by atoms with Crippen molar-refractivity contribution >= 4 is 0 Å². The Bertz CT molecular complexity index is 355. The third-order valence-electron chi connectivity index (χ3n) is 3.63. The maximum absolute atomic E-state index is 4.70. The van der Waals surface area contributed by atoms with Crippen LogP contribution >= 0.6 is 0 Å². The number of nitrogens with zero attached hydrogens (tertiary/aromatic N) is 3. The van der Waals surface area contributed by atoms with E-state index < -0.39 is 0 Å². The highest BCUT2D eigenvalue weighted by Gasteiger charge is 2.09. The first-order valence-electron chi connectivity index (χ1n) is 8.00. The summed E-state index contributed by atoms with van der Waals surface area (Å²) in [6.45, 7) is 13.0. The Morgan fingerprint density at radius 1 is 1.30 bits per heavy atom. The molecule has 1 aromatic rings. The van der Waals surface area contributed by atoms with E-state index in [0.29, 0.717) is 6.04 Å². The van der Waals surface area contributed by atoms with Gasteiger partial charge in [-0.15, -0.1) is 0 Å². The Morgan fingerprint density at radius 2 is 2.00 bits per heavy atom. The smallest absolute Gasteiger partial charge is 0.0764 e. The monoisotopic (exact) mass is 280 g/mol. The summed E-state index contributed by atoms with van der Waals surface area (Å²) in [6, 6.07) is 2.69. The molecule has 0 amide bonds. The molecule has 4 nitrogen and oxygen atoms in total. The Labute approximate surface area is 124 Å². The van der Waals surface area contributed by atoms with Crippen LogP contribution in [0.25, 0.3) is 0 Å². The Morgan fingerprint density at radius 3 is 2.60 bits per heavy atom. The van der Waals surface area contributed by atoms with Crippen molar-refractivity contribution in [1.82, 2.24) is 20.0 Å². The molecule has 0 saturated carbocycles. The van der Waals surface area contributed by atoms with Crippen LogP contribution in [0.15, 0.2) is 12.3 Å². The molecule has 0 bridgehead atoms. The molecule has 0 aliphatic carbocycles. The molecular formula is C16H32N4. The van der Waals surface area contributed by atoms with Crippen LogP contribution in [0.4, 0.5) is 0 Å². The molecular weight excluding hydrogens is 248 g/mol. The molecule has 0 fully saturated rings. The van der Waals surface area contributed by atoms with Crippen molar-refractivity contribution in [3.8, 4) is 0 Å². The van der Waals surface area contributed by atoms with Crippen molar-refractivity contribution in [1.29, 1.82) is 0 Å². The van der Waals surface area contributed by atoms with E-state index in [4.69, 9.17) is 5.10 Å². The minimum atomic E-state index is 0.543. The Hall–Kier alpha value is -0.870. The van der Waals surface area contributed by atoms with Crippen LogP contribution in [-0.2, 0) is 6.54 Å². The number of nitrogens with one attached hydrogen (secondary N) is 1. The molecule has 0 radical (unpaired) electrons. The van der Waals surface area contributed by atoms with E-state index in [1.54, 1.807) is 0 Å². The molecule has 1 rings (SSSR count). The topological polar surface area (TPSA) is 33.1 Å². The van der Waals surface area contributed by atoms with Gasteiger partial charge in [-0.1, -0.05) is 27.7 Å². The number of hydrogen-bond donors (Lipinski definition) is 1. The molecule has 0 atom stereocenters. The second kappa shape index (κ2) is 9.14. The first kappa shape index (κ1) is 17.2. The third-order valence-corrected chi connectivity index (χ3v) is 3.63. The number of aromatic nitrogens is 2. The molecule has 0 unspecified atom stereocenters. The highest BCUT2D eigenvalue weighted by molar-refractivity contribution is 4.99. The molecule has 1 heterocycles. The highest BCUT2D eigenvalue weighted by Crippen LogP contribution is 2.14. The molecule has 0 spiro atoms. The summed E-state index contributed by atoms with van der Waals surface area (Å²) in [5.74, 6) is 0.719. The zero-order valence-electron chi connectivity index (χ0n) is 13.9. The third kappa shape index (κ3) is 6.06. The molecule has 0 aromatic carbocycles. The highest BCUT2D eigenvalue weighted by atomic mass is 15.3. The predicted molar refractivity (Wildman–Crippen MR) is 85.9 cm³/mol. The number of hydrogen-bond acceptors (Lipinski definition) is 3. The van der Waals surface area contributed by atoms with Crippen molar-refractivity contribution < 1.29 is 0 Å². The first-order valence-corrected chi connectivity index (χ1v) is 8.00. The number of rotatable bonds is 10. The standard InChI is InChI=1S/C16H32N4/c1-6-16(7-2)20-10-8-15(18-20)13-19(5)11-9-17-12-14(3)4/h8,10,14,16-17H,6-7,9,11-13H2,1-5H3. The second-order valence-electron chi connectivity index (χ2n) is 6.09. The van der Waals surface area contributed by atoms with E-state index in [9.17, 15) is 0 Å².